The zero-order valence-corrected chi connectivity index (χ0v) is 38.8. The lowest BCUT2D eigenvalue weighted by Crippen LogP contribution is -2.30. The highest BCUT2D eigenvalue weighted by Gasteiger charge is 2.19. The molecule has 6 heteroatoms. The minimum atomic E-state index is -0.759. The first-order valence-corrected chi connectivity index (χ1v) is 25.4. The lowest BCUT2D eigenvalue weighted by atomic mass is 10.0. The van der Waals surface area contributed by atoms with Crippen molar-refractivity contribution in [1.29, 1.82) is 0 Å². The summed E-state index contributed by atoms with van der Waals surface area (Å²) in [6.45, 7) is 8.98. The molecule has 0 unspecified atom stereocenters. The first-order chi connectivity index (χ1) is 27.9. The largest absolute Gasteiger partial charge is 0.462 e. The monoisotopic (exact) mass is 807 g/mol. The molecule has 0 aromatic heterocycles. The van der Waals surface area contributed by atoms with Gasteiger partial charge in [0.2, 0.25) is 0 Å². The summed E-state index contributed by atoms with van der Waals surface area (Å²) in [5.41, 5.74) is 0. The Balaban J connectivity index is 4.15. The molecule has 0 N–H and O–H groups in total. The maximum Gasteiger partial charge on any atom is 0.306 e. The zero-order valence-electron chi connectivity index (χ0n) is 38.8. The summed E-state index contributed by atoms with van der Waals surface area (Å²) in [6.07, 6.45) is 46.8. The predicted molar refractivity (Wildman–Crippen MR) is 243 cm³/mol. The van der Waals surface area contributed by atoms with Crippen LogP contribution in [0.3, 0.4) is 0 Å². The molecule has 0 heterocycles. The molecule has 0 saturated heterocycles. The van der Waals surface area contributed by atoms with Gasteiger partial charge in [-0.1, -0.05) is 246 Å². The van der Waals surface area contributed by atoms with E-state index in [1.165, 1.54) is 180 Å². The highest BCUT2D eigenvalue weighted by atomic mass is 16.6. The molecule has 0 aliphatic heterocycles. The Hall–Kier alpha value is -1.59. The van der Waals surface area contributed by atoms with E-state index in [2.05, 4.69) is 27.7 Å². The van der Waals surface area contributed by atoms with Crippen LogP contribution in [-0.2, 0) is 28.6 Å². The molecule has 338 valence electrons. The molecule has 0 spiro atoms. The maximum absolute atomic E-state index is 12.6. The molecule has 1 atom stereocenters. The Morgan fingerprint density at radius 1 is 0.333 bits per heavy atom. The molecule has 0 fully saturated rings. The molecular formula is C51H98O6. The minimum absolute atomic E-state index is 0.0636. The lowest BCUT2D eigenvalue weighted by Gasteiger charge is -2.18. The first-order valence-electron chi connectivity index (χ1n) is 25.4. The van der Waals surface area contributed by atoms with E-state index < -0.39 is 6.10 Å². The van der Waals surface area contributed by atoms with E-state index >= 15 is 0 Å². The summed E-state index contributed by atoms with van der Waals surface area (Å²) in [5, 5.41) is 0. The minimum Gasteiger partial charge on any atom is -0.462 e. The van der Waals surface area contributed by atoms with E-state index in [1.54, 1.807) is 0 Å². The molecule has 0 amide bonds. The fourth-order valence-electron chi connectivity index (χ4n) is 7.69. The molecule has 6 nitrogen and oxygen atoms in total. The molecule has 57 heavy (non-hydrogen) atoms. The topological polar surface area (TPSA) is 78.9 Å². The van der Waals surface area contributed by atoms with Crippen LogP contribution in [0.1, 0.15) is 285 Å². The molecule has 0 aliphatic rings. The van der Waals surface area contributed by atoms with Gasteiger partial charge in [-0.2, -0.15) is 0 Å². The molecule has 0 radical (unpaired) electrons. The molecule has 0 aromatic carbocycles. The second kappa shape index (κ2) is 45.5. The summed E-state index contributed by atoms with van der Waals surface area (Å²) in [6, 6.07) is 0. The van der Waals surface area contributed by atoms with Crippen molar-refractivity contribution in [3.63, 3.8) is 0 Å². The van der Waals surface area contributed by atoms with Crippen molar-refractivity contribution in [2.45, 2.75) is 291 Å². The third-order valence-electron chi connectivity index (χ3n) is 11.5. The number of carbonyl (C=O) groups excluding carboxylic acids is 3. The van der Waals surface area contributed by atoms with Crippen molar-refractivity contribution >= 4 is 17.9 Å². The second-order valence-corrected chi connectivity index (χ2v) is 17.9. The average molecular weight is 807 g/mol. The van der Waals surface area contributed by atoms with E-state index in [0.29, 0.717) is 19.3 Å². The van der Waals surface area contributed by atoms with Crippen LogP contribution in [-0.4, -0.2) is 37.2 Å². The van der Waals surface area contributed by atoms with Crippen molar-refractivity contribution in [3.8, 4) is 0 Å². The predicted octanol–water partition coefficient (Wildman–Crippen LogP) is 16.3. The van der Waals surface area contributed by atoms with Gasteiger partial charge in [0.1, 0.15) is 13.2 Å². The number of carbonyl (C=O) groups is 3. The number of ether oxygens (including phenoxy) is 3. The van der Waals surface area contributed by atoms with Crippen molar-refractivity contribution in [3.05, 3.63) is 0 Å². The van der Waals surface area contributed by atoms with Crippen molar-refractivity contribution in [2.75, 3.05) is 13.2 Å². The number of esters is 3. The molecule has 0 aliphatic carbocycles. The molecule has 0 saturated carbocycles. The van der Waals surface area contributed by atoms with Crippen LogP contribution in [0.2, 0.25) is 0 Å². The van der Waals surface area contributed by atoms with Gasteiger partial charge < -0.3 is 14.2 Å². The number of unbranched alkanes of at least 4 members (excludes halogenated alkanes) is 33. The van der Waals surface area contributed by atoms with Gasteiger partial charge in [-0.25, -0.2) is 0 Å². The third kappa shape index (κ3) is 45.3. The first kappa shape index (κ1) is 55.4. The summed E-state index contributed by atoms with van der Waals surface area (Å²) >= 11 is 0. The Bertz CT molecular complexity index is 857. The summed E-state index contributed by atoms with van der Waals surface area (Å²) in [5.74, 6) is -0.0269. The van der Waals surface area contributed by atoms with Gasteiger partial charge in [0.05, 0.1) is 0 Å². The number of rotatable bonds is 46. The molecule has 0 bridgehead atoms. The van der Waals surface area contributed by atoms with E-state index in [1.807, 2.05) is 0 Å². The normalized spacial score (nSPS) is 11.9. The summed E-state index contributed by atoms with van der Waals surface area (Å²) in [4.78, 5) is 37.7. The average Bonchev–Trinajstić information content (AvgIpc) is 3.19. The summed E-state index contributed by atoms with van der Waals surface area (Å²) < 4.78 is 16.7. The van der Waals surface area contributed by atoms with Crippen LogP contribution >= 0.6 is 0 Å². The fraction of sp³-hybridized carbons (Fsp3) is 0.941. The van der Waals surface area contributed by atoms with Gasteiger partial charge in [-0.3, -0.25) is 14.4 Å². The SMILES string of the molecule is CCCCCCCCCCCCCCCCCCCCC(=O)OC[C@@H](COC(=O)CCCCCCCCCCCCCC(C)C)OC(=O)CCCCCCCCC. The second-order valence-electron chi connectivity index (χ2n) is 17.9. The van der Waals surface area contributed by atoms with Crippen LogP contribution in [0.4, 0.5) is 0 Å². The van der Waals surface area contributed by atoms with Crippen molar-refractivity contribution in [2.24, 2.45) is 5.92 Å². The Labute approximate surface area is 355 Å². The van der Waals surface area contributed by atoms with Crippen LogP contribution in [0.25, 0.3) is 0 Å². The highest BCUT2D eigenvalue weighted by Crippen LogP contribution is 2.17. The number of hydrogen-bond donors (Lipinski definition) is 0. The van der Waals surface area contributed by atoms with Crippen LogP contribution in [0.5, 0.6) is 0 Å². The third-order valence-corrected chi connectivity index (χ3v) is 11.5. The van der Waals surface area contributed by atoms with Gasteiger partial charge in [0.15, 0.2) is 6.10 Å². The number of hydrogen-bond acceptors (Lipinski definition) is 6. The van der Waals surface area contributed by atoms with Crippen LogP contribution in [0.15, 0.2) is 0 Å². The fourth-order valence-corrected chi connectivity index (χ4v) is 7.69. The van der Waals surface area contributed by atoms with Gasteiger partial charge in [0.25, 0.3) is 0 Å². The van der Waals surface area contributed by atoms with Gasteiger partial charge in [-0.05, 0) is 25.2 Å². The Morgan fingerprint density at radius 3 is 0.860 bits per heavy atom. The van der Waals surface area contributed by atoms with Crippen molar-refractivity contribution < 1.29 is 28.6 Å². The summed E-state index contributed by atoms with van der Waals surface area (Å²) in [7, 11) is 0. The van der Waals surface area contributed by atoms with E-state index in [9.17, 15) is 14.4 Å². The smallest absolute Gasteiger partial charge is 0.306 e. The molecule has 0 aromatic rings. The Kier molecular flexibility index (Phi) is 44.2. The van der Waals surface area contributed by atoms with Crippen LogP contribution in [0, 0.1) is 5.92 Å². The maximum atomic E-state index is 12.6. The van der Waals surface area contributed by atoms with Gasteiger partial charge in [-0.15, -0.1) is 0 Å². The van der Waals surface area contributed by atoms with Gasteiger partial charge >= 0.3 is 17.9 Å². The lowest BCUT2D eigenvalue weighted by molar-refractivity contribution is -0.167. The standard InChI is InChI=1S/C51H98O6/c1-5-7-9-11-13-14-15-16-17-18-19-20-21-24-27-31-34-38-42-49(52)55-45-48(57-51(54)44-40-36-29-12-10-8-6-2)46-56-50(53)43-39-35-32-28-25-22-23-26-30-33-37-41-47(3)4/h47-48H,5-46H2,1-4H3/t48-/m0/s1. The quantitative estimate of drug-likeness (QED) is 0.0346. The van der Waals surface area contributed by atoms with E-state index in [-0.39, 0.29) is 31.1 Å². The molecule has 0 rings (SSSR count). The van der Waals surface area contributed by atoms with E-state index in [4.69, 9.17) is 14.2 Å². The zero-order chi connectivity index (χ0) is 41.7. The van der Waals surface area contributed by atoms with E-state index in [0.717, 1.165) is 63.7 Å². The Morgan fingerprint density at radius 2 is 0.579 bits per heavy atom. The highest BCUT2D eigenvalue weighted by molar-refractivity contribution is 5.71. The van der Waals surface area contributed by atoms with Crippen LogP contribution < -0.4 is 0 Å². The van der Waals surface area contributed by atoms with Crippen molar-refractivity contribution in [1.82, 2.24) is 0 Å². The molecular weight excluding hydrogens is 709 g/mol. The van der Waals surface area contributed by atoms with Gasteiger partial charge in [0, 0.05) is 19.3 Å².